The Morgan fingerprint density at radius 1 is 1.17 bits per heavy atom. The molecule has 0 saturated heterocycles. The van der Waals surface area contributed by atoms with Gasteiger partial charge in [-0.2, -0.15) is 5.10 Å². The number of hydrogen-bond donors (Lipinski definition) is 1. The van der Waals surface area contributed by atoms with Crippen LogP contribution in [-0.2, 0) is 14.8 Å². The minimum atomic E-state index is -4.40. The van der Waals surface area contributed by atoms with Gasteiger partial charge in [0, 0.05) is 19.2 Å². The van der Waals surface area contributed by atoms with E-state index in [1.54, 1.807) is 15.6 Å². The lowest BCUT2D eigenvalue weighted by Gasteiger charge is -2.29. The Morgan fingerprint density at radius 3 is 2.61 bits per heavy atom. The molecule has 1 aromatic carbocycles. The first kappa shape index (κ1) is 28.4. The second-order valence-corrected chi connectivity index (χ2v) is 12.7. The van der Waals surface area contributed by atoms with Gasteiger partial charge in [-0.1, -0.05) is 17.4 Å². The third kappa shape index (κ3) is 6.00. The number of imidazole rings is 1. The van der Waals surface area contributed by atoms with E-state index >= 15 is 0 Å². The second-order valence-electron chi connectivity index (χ2n) is 10.1. The van der Waals surface area contributed by atoms with Gasteiger partial charge in [0.2, 0.25) is 10.8 Å². The molecule has 1 N–H and O–H groups in total. The molecule has 0 spiro atoms. The predicted molar refractivity (Wildman–Crippen MR) is 148 cm³/mol. The minimum Gasteiger partial charge on any atom is -0.479 e. The van der Waals surface area contributed by atoms with E-state index in [-0.39, 0.29) is 17.7 Å². The molecule has 5 rings (SSSR count). The van der Waals surface area contributed by atoms with Crippen LogP contribution in [0.25, 0.3) is 21.2 Å². The molecule has 216 valence electrons. The van der Waals surface area contributed by atoms with Gasteiger partial charge < -0.3 is 14.4 Å². The summed E-state index contributed by atoms with van der Waals surface area (Å²) < 4.78 is 67.5. The summed E-state index contributed by atoms with van der Waals surface area (Å²) in [7, 11) is -3.09. The van der Waals surface area contributed by atoms with Crippen molar-refractivity contribution in [1.29, 1.82) is 0 Å². The van der Waals surface area contributed by atoms with Gasteiger partial charge in [-0.05, 0) is 57.0 Å². The highest BCUT2D eigenvalue weighted by Crippen LogP contribution is 2.33. The standard InChI is InChI=1S/C26H26F2N6O5S2/c1-26(2,3)39-25(35)33-11-9-15(10-12-33)20-14-29-24-34(20)31-23(40-24)19-7-6-18(22(30-19)38-4)32-41(36,37)21-8-5-16(27)13-17(21)28/h5-9,13-14,32H,10-12H2,1-4H3. The third-order valence-electron chi connectivity index (χ3n) is 5.98. The van der Waals surface area contributed by atoms with E-state index in [9.17, 15) is 22.0 Å². The second kappa shape index (κ2) is 10.7. The largest absolute Gasteiger partial charge is 0.479 e. The van der Waals surface area contributed by atoms with Crippen LogP contribution < -0.4 is 9.46 Å². The molecule has 0 radical (unpaired) electrons. The molecule has 3 aromatic heterocycles. The summed E-state index contributed by atoms with van der Waals surface area (Å²) in [5.41, 5.74) is 1.55. The van der Waals surface area contributed by atoms with Gasteiger partial charge in [0.25, 0.3) is 10.0 Å². The number of carbonyl (C=O) groups is 1. The zero-order chi connectivity index (χ0) is 29.5. The van der Waals surface area contributed by atoms with Crippen molar-refractivity contribution in [1.82, 2.24) is 24.5 Å². The molecule has 1 amide bonds. The van der Waals surface area contributed by atoms with E-state index in [2.05, 4.69) is 19.8 Å². The number of aromatic nitrogens is 4. The molecule has 0 fully saturated rings. The molecule has 0 saturated carbocycles. The number of nitrogens with zero attached hydrogens (tertiary/aromatic N) is 5. The summed E-state index contributed by atoms with van der Waals surface area (Å²) >= 11 is 1.27. The number of ether oxygens (including phenoxy) is 2. The van der Waals surface area contributed by atoms with Gasteiger partial charge in [0.15, 0.2) is 5.01 Å². The van der Waals surface area contributed by atoms with Gasteiger partial charge >= 0.3 is 6.09 Å². The van der Waals surface area contributed by atoms with Gasteiger partial charge in [0.1, 0.15) is 33.5 Å². The van der Waals surface area contributed by atoms with Crippen LogP contribution in [0.5, 0.6) is 5.88 Å². The lowest BCUT2D eigenvalue weighted by molar-refractivity contribution is 0.0270. The van der Waals surface area contributed by atoms with Gasteiger partial charge in [-0.25, -0.2) is 36.5 Å². The van der Waals surface area contributed by atoms with Crippen molar-refractivity contribution in [3.63, 3.8) is 0 Å². The first-order valence-corrected chi connectivity index (χ1v) is 14.7. The Kier molecular flexibility index (Phi) is 7.42. The number of pyridine rings is 1. The maximum absolute atomic E-state index is 14.1. The zero-order valence-corrected chi connectivity index (χ0v) is 24.1. The summed E-state index contributed by atoms with van der Waals surface area (Å²) in [6, 6.07) is 5.13. The van der Waals surface area contributed by atoms with E-state index in [1.165, 1.54) is 30.6 Å². The number of rotatable bonds is 6. The maximum atomic E-state index is 14.1. The molecule has 41 heavy (non-hydrogen) atoms. The highest BCUT2D eigenvalue weighted by Gasteiger charge is 2.26. The fourth-order valence-corrected chi connectivity index (χ4v) is 6.06. The van der Waals surface area contributed by atoms with Gasteiger partial charge in [-0.15, -0.1) is 0 Å². The van der Waals surface area contributed by atoms with E-state index in [0.717, 1.165) is 23.4 Å². The van der Waals surface area contributed by atoms with Crippen molar-refractivity contribution in [3.8, 4) is 16.6 Å². The Balaban J connectivity index is 1.37. The van der Waals surface area contributed by atoms with Crippen LogP contribution in [0.1, 0.15) is 32.9 Å². The molecular formula is C26H26F2N6O5S2. The number of nitrogens with one attached hydrogen (secondary N) is 1. The SMILES string of the molecule is COc1nc(-c2nn3c(C4=CCN(C(=O)OC(C)(C)C)CC4)cnc3s2)ccc1NS(=O)(=O)c1ccc(F)cc1F. The van der Waals surface area contributed by atoms with Crippen molar-refractivity contribution < 1.29 is 31.5 Å². The third-order valence-corrected chi connectivity index (χ3v) is 8.32. The summed E-state index contributed by atoms with van der Waals surface area (Å²) in [6.45, 7) is 6.36. The molecule has 0 aliphatic carbocycles. The molecular weight excluding hydrogens is 578 g/mol. The van der Waals surface area contributed by atoms with E-state index < -0.39 is 32.2 Å². The molecule has 1 aliphatic heterocycles. The highest BCUT2D eigenvalue weighted by atomic mass is 32.2. The maximum Gasteiger partial charge on any atom is 0.410 e. The van der Waals surface area contributed by atoms with Gasteiger partial charge in [0.05, 0.1) is 19.0 Å². The van der Waals surface area contributed by atoms with Crippen molar-refractivity contribution in [2.24, 2.45) is 0 Å². The van der Waals surface area contributed by atoms with Crippen LogP contribution in [0.2, 0.25) is 0 Å². The highest BCUT2D eigenvalue weighted by molar-refractivity contribution is 7.92. The number of hydrogen-bond acceptors (Lipinski definition) is 9. The summed E-state index contributed by atoms with van der Waals surface area (Å²) in [5, 5.41) is 5.15. The first-order chi connectivity index (χ1) is 19.3. The Hall–Kier alpha value is -4.11. The predicted octanol–water partition coefficient (Wildman–Crippen LogP) is 4.96. The van der Waals surface area contributed by atoms with Gasteiger partial charge in [-0.3, -0.25) is 4.72 Å². The van der Waals surface area contributed by atoms with Crippen LogP contribution in [-0.4, -0.2) is 64.8 Å². The molecule has 15 heteroatoms. The molecule has 0 atom stereocenters. The number of sulfonamides is 1. The lowest BCUT2D eigenvalue weighted by atomic mass is 10.1. The van der Waals surface area contributed by atoms with Crippen molar-refractivity contribution >= 4 is 43.7 Å². The first-order valence-electron chi connectivity index (χ1n) is 12.4. The van der Waals surface area contributed by atoms with E-state index in [1.807, 2.05) is 26.8 Å². The number of amides is 1. The van der Waals surface area contributed by atoms with Crippen LogP contribution in [0.15, 0.2) is 47.5 Å². The van der Waals surface area contributed by atoms with Crippen molar-refractivity contribution in [2.45, 2.75) is 37.7 Å². The zero-order valence-electron chi connectivity index (χ0n) is 22.5. The number of methoxy groups -OCH3 is 1. The molecule has 11 nitrogen and oxygen atoms in total. The molecule has 0 unspecified atom stereocenters. The summed E-state index contributed by atoms with van der Waals surface area (Å²) in [5.74, 6) is -2.20. The molecule has 4 aromatic rings. The normalized spacial score (nSPS) is 14.2. The van der Waals surface area contributed by atoms with Crippen LogP contribution >= 0.6 is 11.3 Å². The van der Waals surface area contributed by atoms with Crippen molar-refractivity contribution in [2.75, 3.05) is 24.9 Å². The fraction of sp³-hybridized carbons (Fsp3) is 0.308. The van der Waals surface area contributed by atoms with E-state index in [0.29, 0.717) is 41.2 Å². The number of carbonyl (C=O) groups excluding carboxylic acids is 1. The molecule has 1 aliphatic rings. The van der Waals surface area contributed by atoms with Crippen LogP contribution in [0, 0.1) is 11.6 Å². The number of fused-ring (bicyclic) bond motifs is 1. The Morgan fingerprint density at radius 2 is 1.95 bits per heavy atom. The minimum absolute atomic E-state index is 0.0381. The number of halogens is 2. The molecule has 4 heterocycles. The Labute approximate surface area is 238 Å². The topological polar surface area (TPSA) is 128 Å². The average molecular weight is 605 g/mol. The summed E-state index contributed by atoms with van der Waals surface area (Å²) in [4.78, 5) is 22.8. The van der Waals surface area contributed by atoms with Crippen LogP contribution in [0.3, 0.4) is 0 Å². The van der Waals surface area contributed by atoms with E-state index in [4.69, 9.17) is 9.47 Å². The van der Waals surface area contributed by atoms with Crippen molar-refractivity contribution in [3.05, 3.63) is 59.9 Å². The lowest BCUT2D eigenvalue weighted by Crippen LogP contribution is -2.39. The Bertz CT molecular complexity index is 1780. The smallest absolute Gasteiger partial charge is 0.410 e. The quantitative estimate of drug-likeness (QED) is 0.327. The molecule has 0 bridgehead atoms. The van der Waals surface area contributed by atoms with Crippen LogP contribution in [0.4, 0.5) is 19.3 Å². The monoisotopic (exact) mass is 604 g/mol. The summed E-state index contributed by atoms with van der Waals surface area (Å²) in [6.07, 6.45) is 3.89. The average Bonchev–Trinajstić information content (AvgIpc) is 3.49. The fourth-order valence-electron chi connectivity index (χ4n) is 4.09. The number of benzene rings is 1. The number of anilines is 1.